The zero-order valence-corrected chi connectivity index (χ0v) is 11.7. The van der Waals surface area contributed by atoms with Gasteiger partial charge in [-0.3, -0.25) is 4.79 Å². The van der Waals surface area contributed by atoms with E-state index in [9.17, 15) is 9.90 Å². The van der Waals surface area contributed by atoms with E-state index in [1.165, 1.54) is 0 Å². The van der Waals surface area contributed by atoms with Gasteiger partial charge in [0.1, 0.15) is 0 Å². The predicted octanol–water partition coefficient (Wildman–Crippen LogP) is 3.13. The fourth-order valence-electron chi connectivity index (χ4n) is 2.55. The minimum absolute atomic E-state index is 0.189. The smallest absolute Gasteiger partial charge is 0.311 e. The molecule has 0 fully saturated rings. The maximum atomic E-state index is 11.6. The molecule has 4 nitrogen and oxygen atoms in total. The summed E-state index contributed by atoms with van der Waals surface area (Å²) in [6.45, 7) is 2.19. The molecular formula is C17H16O4. The highest BCUT2D eigenvalue weighted by Gasteiger charge is 2.23. The molecule has 2 aromatic carbocycles. The highest BCUT2D eigenvalue weighted by Crippen LogP contribution is 2.35. The Balaban J connectivity index is 1.89. The Morgan fingerprint density at radius 2 is 2.00 bits per heavy atom. The van der Waals surface area contributed by atoms with Gasteiger partial charge >= 0.3 is 5.97 Å². The average molecular weight is 284 g/mol. The molecule has 1 heterocycles. The summed E-state index contributed by atoms with van der Waals surface area (Å²) in [4.78, 5) is 11.6. The SMILES string of the molecule is Cc1cccc(CC(C(=O)O)c2ccc3c(c2)OCO3)c1. The van der Waals surface area contributed by atoms with Crippen LogP contribution >= 0.6 is 0 Å². The van der Waals surface area contributed by atoms with Gasteiger partial charge in [0.15, 0.2) is 11.5 Å². The normalized spacial score (nSPS) is 14.0. The first-order valence-corrected chi connectivity index (χ1v) is 6.81. The van der Waals surface area contributed by atoms with E-state index in [0.717, 1.165) is 16.7 Å². The molecule has 4 heteroatoms. The van der Waals surface area contributed by atoms with E-state index in [-0.39, 0.29) is 6.79 Å². The Morgan fingerprint density at radius 3 is 2.76 bits per heavy atom. The van der Waals surface area contributed by atoms with Crippen LogP contribution in [0.3, 0.4) is 0 Å². The van der Waals surface area contributed by atoms with E-state index in [2.05, 4.69) is 0 Å². The van der Waals surface area contributed by atoms with Crippen LogP contribution in [0.15, 0.2) is 42.5 Å². The predicted molar refractivity (Wildman–Crippen MR) is 77.8 cm³/mol. The van der Waals surface area contributed by atoms with Crippen molar-refractivity contribution in [2.45, 2.75) is 19.3 Å². The fourth-order valence-corrected chi connectivity index (χ4v) is 2.55. The highest BCUT2D eigenvalue weighted by molar-refractivity contribution is 5.77. The van der Waals surface area contributed by atoms with Gasteiger partial charge in [0.05, 0.1) is 5.92 Å². The molecule has 1 aliphatic rings. The summed E-state index contributed by atoms with van der Waals surface area (Å²) in [6, 6.07) is 13.2. The topological polar surface area (TPSA) is 55.8 Å². The zero-order valence-electron chi connectivity index (χ0n) is 11.7. The summed E-state index contributed by atoms with van der Waals surface area (Å²) >= 11 is 0. The number of ether oxygens (including phenoxy) is 2. The van der Waals surface area contributed by atoms with Gasteiger partial charge < -0.3 is 14.6 Å². The zero-order chi connectivity index (χ0) is 14.8. The summed E-state index contributed by atoms with van der Waals surface area (Å²) in [5.41, 5.74) is 2.87. The first-order valence-electron chi connectivity index (χ1n) is 6.81. The van der Waals surface area contributed by atoms with Crippen molar-refractivity contribution in [2.75, 3.05) is 6.79 Å². The molecular weight excluding hydrogens is 268 g/mol. The van der Waals surface area contributed by atoms with Crippen LogP contribution in [0.1, 0.15) is 22.6 Å². The minimum Gasteiger partial charge on any atom is -0.481 e. The third kappa shape index (κ3) is 2.84. The van der Waals surface area contributed by atoms with Gasteiger partial charge in [0.25, 0.3) is 0 Å². The molecule has 0 bridgehead atoms. The lowest BCUT2D eigenvalue weighted by molar-refractivity contribution is -0.138. The molecule has 108 valence electrons. The third-order valence-corrected chi connectivity index (χ3v) is 3.62. The van der Waals surface area contributed by atoms with Gasteiger partial charge in [-0.15, -0.1) is 0 Å². The Bertz CT molecular complexity index is 678. The summed E-state index contributed by atoms with van der Waals surface area (Å²) in [7, 11) is 0. The maximum absolute atomic E-state index is 11.6. The van der Waals surface area contributed by atoms with Crippen LogP contribution < -0.4 is 9.47 Å². The first kappa shape index (κ1) is 13.5. The molecule has 3 rings (SSSR count). The Hall–Kier alpha value is -2.49. The van der Waals surface area contributed by atoms with Crippen molar-refractivity contribution in [3.05, 3.63) is 59.2 Å². The summed E-state index contributed by atoms with van der Waals surface area (Å²) in [5.74, 6) is -0.155. The molecule has 0 amide bonds. The van der Waals surface area contributed by atoms with Crippen LogP contribution in [0.2, 0.25) is 0 Å². The number of hydrogen-bond acceptors (Lipinski definition) is 3. The maximum Gasteiger partial charge on any atom is 0.311 e. The van der Waals surface area contributed by atoms with Gasteiger partial charge in [0, 0.05) is 0 Å². The number of hydrogen-bond donors (Lipinski definition) is 1. The van der Waals surface area contributed by atoms with E-state index < -0.39 is 11.9 Å². The lowest BCUT2D eigenvalue weighted by atomic mass is 9.91. The van der Waals surface area contributed by atoms with Crippen LogP contribution in [-0.2, 0) is 11.2 Å². The van der Waals surface area contributed by atoms with Crippen molar-refractivity contribution >= 4 is 5.97 Å². The summed E-state index contributed by atoms with van der Waals surface area (Å²) in [6.07, 6.45) is 0.455. The average Bonchev–Trinajstić information content (AvgIpc) is 2.92. The number of fused-ring (bicyclic) bond motifs is 1. The van der Waals surface area contributed by atoms with Crippen LogP contribution in [0.5, 0.6) is 11.5 Å². The molecule has 0 radical (unpaired) electrons. The second-order valence-electron chi connectivity index (χ2n) is 5.20. The highest BCUT2D eigenvalue weighted by atomic mass is 16.7. The van der Waals surface area contributed by atoms with Crippen LogP contribution in [0, 0.1) is 6.92 Å². The molecule has 0 saturated carbocycles. The van der Waals surface area contributed by atoms with Gasteiger partial charge in [0.2, 0.25) is 6.79 Å². The van der Waals surface area contributed by atoms with Crippen molar-refractivity contribution in [3.8, 4) is 11.5 Å². The Kier molecular flexibility index (Phi) is 3.52. The molecule has 0 saturated heterocycles. The van der Waals surface area contributed by atoms with Gasteiger partial charge in [-0.05, 0) is 36.6 Å². The van der Waals surface area contributed by atoms with Crippen LogP contribution in [0.4, 0.5) is 0 Å². The molecule has 21 heavy (non-hydrogen) atoms. The number of aryl methyl sites for hydroxylation is 1. The number of benzene rings is 2. The van der Waals surface area contributed by atoms with E-state index >= 15 is 0 Å². The van der Waals surface area contributed by atoms with Gasteiger partial charge in [-0.1, -0.05) is 35.9 Å². The van der Waals surface area contributed by atoms with E-state index in [0.29, 0.717) is 17.9 Å². The summed E-state index contributed by atoms with van der Waals surface area (Å²) < 4.78 is 10.6. The first-order chi connectivity index (χ1) is 10.1. The fraction of sp³-hybridized carbons (Fsp3) is 0.235. The third-order valence-electron chi connectivity index (χ3n) is 3.62. The lowest BCUT2D eigenvalue weighted by Gasteiger charge is -2.14. The van der Waals surface area contributed by atoms with E-state index in [4.69, 9.17) is 9.47 Å². The Labute approximate surface area is 122 Å². The molecule has 1 aliphatic heterocycles. The van der Waals surface area contributed by atoms with Crippen molar-refractivity contribution in [1.29, 1.82) is 0 Å². The van der Waals surface area contributed by atoms with Gasteiger partial charge in [-0.2, -0.15) is 0 Å². The molecule has 0 aromatic heterocycles. The van der Waals surface area contributed by atoms with Crippen LogP contribution in [0.25, 0.3) is 0 Å². The second-order valence-corrected chi connectivity index (χ2v) is 5.20. The summed E-state index contributed by atoms with van der Waals surface area (Å²) in [5, 5.41) is 9.53. The van der Waals surface area contributed by atoms with E-state index in [1.54, 1.807) is 18.2 Å². The standard InChI is InChI=1S/C17H16O4/c1-11-3-2-4-12(7-11)8-14(17(18)19)13-5-6-15-16(9-13)21-10-20-15/h2-7,9,14H,8,10H2,1H3,(H,18,19). The molecule has 1 unspecified atom stereocenters. The number of carboxylic acids is 1. The number of aliphatic carboxylic acids is 1. The minimum atomic E-state index is -0.838. The van der Waals surface area contributed by atoms with Crippen molar-refractivity contribution in [3.63, 3.8) is 0 Å². The van der Waals surface area contributed by atoms with Crippen molar-refractivity contribution < 1.29 is 19.4 Å². The molecule has 1 N–H and O–H groups in total. The number of carbonyl (C=O) groups is 1. The molecule has 0 spiro atoms. The number of rotatable bonds is 4. The molecule has 2 aromatic rings. The lowest BCUT2D eigenvalue weighted by Crippen LogP contribution is -2.14. The quantitative estimate of drug-likeness (QED) is 0.937. The van der Waals surface area contributed by atoms with E-state index in [1.807, 2.05) is 31.2 Å². The molecule has 1 atom stereocenters. The second kappa shape index (κ2) is 5.48. The Morgan fingerprint density at radius 1 is 1.19 bits per heavy atom. The monoisotopic (exact) mass is 284 g/mol. The molecule has 0 aliphatic carbocycles. The van der Waals surface area contributed by atoms with Crippen molar-refractivity contribution in [2.24, 2.45) is 0 Å². The van der Waals surface area contributed by atoms with Crippen LogP contribution in [-0.4, -0.2) is 17.9 Å². The van der Waals surface area contributed by atoms with Crippen molar-refractivity contribution in [1.82, 2.24) is 0 Å². The van der Waals surface area contributed by atoms with Gasteiger partial charge in [-0.25, -0.2) is 0 Å². The number of carboxylic acid groups (broad SMARTS) is 1. The largest absolute Gasteiger partial charge is 0.481 e.